The van der Waals surface area contributed by atoms with Gasteiger partial charge in [0.05, 0.1) is 17.1 Å². The van der Waals surface area contributed by atoms with E-state index in [1.54, 1.807) is 0 Å². The molecule has 106 valence electrons. The molecule has 0 bridgehead atoms. The lowest BCUT2D eigenvalue weighted by atomic mass is 10.1. The summed E-state index contributed by atoms with van der Waals surface area (Å²) in [6, 6.07) is 1.96. The van der Waals surface area contributed by atoms with Crippen LogP contribution in [0.3, 0.4) is 0 Å². The van der Waals surface area contributed by atoms with E-state index >= 15 is 0 Å². The van der Waals surface area contributed by atoms with Crippen LogP contribution in [0.5, 0.6) is 0 Å². The number of benzene rings is 1. The van der Waals surface area contributed by atoms with Crippen LogP contribution in [0.15, 0.2) is 17.0 Å². The average molecular weight is 309 g/mol. The van der Waals surface area contributed by atoms with Crippen LogP contribution in [0.1, 0.15) is 35.7 Å². The van der Waals surface area contributed by atoms with Crippen LogP contribution >= 0.6 is 10.7 Å². The van der Waals surface area contributed by atoms with E-state index in [9.17, 15) is 17.6 Å². The lowest BCUT2D eigenvalue weighted by molar-refractivity contribution is 0.0494. The fourth-order valence-electron chi connectivity index (χ4n) is 1.41. The fourth-order valence-corrected chi connectivity index (χ4v) is 2.26. The zero-order valence-electron chi connectivity index (χ0n) is 10.6. The maximum atomic E-state index is 13.8. The highest BCUT2D eigenvalue weighted by Crippen LogP contribution is 2.22. The van der Waals surface area contributed by atoms with Gasteiger partial charge in [-0.15, -0.1) is 0 Å². The molecule has 4 nitrogen and oxygen atoms in total. The van der Waals surface area contributed by atoms with Gasteiger partial charge in [-0.3, -0.25) is 0 Å². The predicted molar refractivity (Wildman–Crippen MR) is 69.4 cm³/mol. The summed E-state index contributed by atoms with van der Waals surface area (Å²) in [4.78, 5) is 11.3. The van der Waals surface area contributed by atoms with Gasteiger partial charge in [-0.1, -0.05) is 13.3 Å². The third-order valence-corrected chi connectivity index (χ3v) is 3.79. The molecule has 7 heteroatoms. The van der Waals surface area contributed by atoms with Crippen LogP contribution in [0, 0.1) is 12.7 Å². The molecule has 0 aliphatic carbocycles. The molecule has 1 aromatic rings. The van der Waals surface area contributed by atoms with Crippen LogP contribution in [0.25, 0.3) is 0 Å². The highest BCUT2D eigenvalue weighted by molar-refractivity contribution is 8.13. The predicted octanol–water partition coefficient (Wildman–Crippen LogP) is 3.02. The van der Waals surface area contributed by atoms with E-state index < -0.39 is 26.4 Å². The van der Waals surface area contributed by atoms with Crippen molar-refractivity contribution in [2.45, 2.75) is 31.6 Å². The molecule has 0 saturated heterocycles. The summed E-state index contributed by atoms with van der Waals surface area (Å²) in [5.41, 5.74) is -0.403. The van der Waals surface area contributed by atoms with Gasteiger partial charge in [0.15, 0.2) is 0 Å². The van der Waals surface area contributed by atoms with E-state index in [-0.39, 0.29) is 17.1 Å². The molecule has 1 aromatic carbocycles. The van der Waals surface area contributed by atoms with Crippen molar-refractivity contribution < 1.29 is 22.3 Å². The Balaban J connectivity index is 3.13. The lowest BCUT2D eigenvalue weighted by Gasteiger charge is -2.08. The highest BCUT2D eigenvalue weighted by atomic mass is 35.7. The van der Waals surface area contributed by atoms with E-state index in [2.05, 4.69) is 0 Å². The first-order valence-corrected chi connectivity index (χ1v) is 8.00. The second-order valence-corrected chi connectivity index (χ2v) is 6.59. The summed E-state index contributed by atoms with van der Waals surface area (Å²) in [5.74, 6) is -1.69. The number of esters is 1. The molecule has 0 aliphatic rings. The van der Waals surface area contributed by atoms with E-state index in [0.717, 1.165) is 18.6 Å². The molecule has 0 fully saturated rings. The Bertz CT molecular complexity index is 584. The zero-order chi connectivity index (χ0) is 14.6. The van der Waals surface area contributed by atoms with Gasteiger partial charge in [0, 0.05) is 10.7 Å². The molecule has 0 aromatic heterocycles. The second-order valence-electron chi connectivity index (χ2n) is 4.03. The maximum Gasteiger partial charge on any atom is 0.341 e. The third kappa shape index (κ3) is 4.18. The number of carbonyl (C=O) groups excluding carboxylic acids is 1. The van der Waals surface area contributed by atoms with Gasteiger partial charge in [-0.25, -0.2) is 17.6 Å². The fraction of sp³-hybridized carbons (Fsp3) is 0.417. The van der Waals surface area contributed by atoms with Crippen LogP contribution in [-0.2, 0) is 13.8 Å². The molecule has 0 spiro atoms. The minimum Gasteiger partial charge on any atom is -0.462 e. The van der Waals surface area contributed by atoms with E-state index in [1.807, 2.05) is 6.92 Å². The molecule has 0 aliphatic heterocycles. The second kappa shape index (κ2) is 6.34. The molecule has 0 amide bonds. The maximum absolute atomic E-state index is 13.8. The monoisotopic (exact) mass is 308 g/mol. The topological polar surface area (TPSA) is 60.4 Å². The van der Waals surface area contributed by atoms with Gasteiger partial charge in [0.25, 0.3) is 9.05 Å². The SMILES string of the molecule is CCCCOC(=O)c1cc(S(=O)(=O)Cl)cc(C)c1F. The Kier molecular flexibility index (Phi) is 5.31. The van der Waals surface area contributed by atoms with Crippen molar-refractivity contribution in [3.8, 4) is 0 Å². The van der Waals surface area contributed by atoms with Crippen molar-refractivity contribution >= 4 is 25.7 Å². The highest BCUT2D eigenvalue weighted by Gasteiger charge is 2.21. The number of hydrogen-bond acceptors (Lipinski definition) is 4. The van der Waals surface area contributed by atoms with E-state index in [1.165, 1.54) is 6.92 Å². The molecule has 0 radical (unpaired) electrons. The number of carbonyl (C=O) groups is 1. The number of aryl methyl sites for hydroxylation is 1. The van der Waals surface area contributed by atoms with Crippen LogP contribution in [0.4, 0.5) is 4.39 Å². The first-order chi connectivity index (χ1) is 8.77. The number of ether oxygens (including phenoxy) is 1. The van der Waals surface area contributed by atoms with Gasteiger partial charge >= 0.3 is 5.97 Å². The zero-order valence-corrected chi connectivity index (χ0v) is 12.1. The van der Waals surface area contributed by atoms with E-state index in [0.29, 0.717) is 6.42 Å². The molecule has 0 unspecified atom stereocenters. The largest absolute Gasteiger partial charge is 0.462 e. The minimum atomic E-state index is -4.03. The molecule has 0 heterocycles. The number of halogens is 2. The van der Waals surface area contributed by atoms with Crippen molar-refractivity contribution in [1.82, 2.24) is 0 Å². The van der Waals surface area contributed by atoms with Gasteiger partial charge in [-0.05, 0) is 31.0 Å². The normalized spacial score (nSPS) is 11.4. The number of rotatable bonds is 5. The summed E-state index contributed by atoms with van der Waals surface area (Å²) >= 11 is 0. The molecular formula is C12H14ClFO4S. The van der Waals surface area contributed by atoms with Crippen molar-refractivity contribution in [3.63, 3.8) is 0 Å². The van der Waals surface area contributed by atoms with E-state index in [4.69, 9.17) is 15.4 Å². The first kappa shape index (κ1) is 15.9. The van der Waals surface area contributed by atoms with Crippen LogP contribution < -0.4 is 0 Å². The van der Waals surface area contributed by atoms with Crippen molar-refractivity contribution in [3.05, 3.63) is 29.1 Å². The Morgan fingerprint density at radius 1 is 1.42 bits per heavy atom. The summed E-state index contributed by atoms with van der Waals surface area (Å²) in [5, 5.41) is 0. The quantitative estimate of drug-likeness (QED) is 0.476. The number of hydrogen-bond donors (Lipinski definition) is 0. The van der Waals surface area contributed by atoms with Gasteiger partial charge in [0.2, 0.25) is 0 Å². The van der Waals surface area contributed by atoms with Crippen molar-refractivity contribution in [2.24, 2.45) is 0 Å². The van der Waals surface area contributed by atoms with Gasteiger partial charge in [-0.2, -0.15) is 0 Å². The van der Waals surface area contributed by atoms with Crippen LogP contribution in [-0.4, -0.2) is 21.0 Å². The average Bonchev–Trinajstić information content (AvgIpc) is 2.31. The molecule has 19 heavy (non-hydrogen) atoms. The summed E-state index contributed by atoms with van der Waals surface area (Å²) in [6.45, 7) is 3.43. The van der Waals surface area contributed by atoms with Crippen LogP contribution in [0.2, 0.25) is 0 Å². The number of unbranched alkanes of at least 4 members (excludes halogenated alkanes) is 1. The van der Waals surface area contributed by atoms with Gasteiger partial charge in [0.1, 0.15) is 5.82 Å². The Labute approximate surface area is 115 Å². The van der Waals surface area contributed by atoms with Crippen molar-refractivity contribution in [1.29, 1.82) is 0 Å². The molecular weight excluding hydrogens is 295 g/mol. The third-order valence-electron chi connectivity index (χ3n) is 2.46. The molecule has 0 saturated carbocycles. The summed E-state index contributed by atoms with van der Waals surface area (Å²) in [7, 11) is 1.16. The first-order valence-electron chi connectivity index (χ1n) is 5.69. The Hall–Kier alpha value is -1.14. The molecule has 0 N–H and O–H groups in total. The Morgan fingerprint density at radius 2 is 2.05 bits per heavy atom. The van der Waals surface area contributed by atoms with Crippen molar-refractivity contribution in [2.75, 3.05) is 6.61 Å². The standard InChI is InChI=1S/C12H14ClFO4S/c1-3-4-5-18-12(15)10-7-9(19(13,16)17)6-8(2)11(10)14/h6-7H,3-5H2,1-2H3. The Morgan fingerprint density at radius 3 is 2.58 bits per heavy atom. The smallest absolute Gasteiger partial charge is 0.341 e. The summed E-state index contributed by atoms with van der Waals surface area (Å²) in [6.07, 6.45) is 1.48. The molecule has 0 atom stereocenters. The lowest BCUT2D eigenvalue weighted by Crippen LogP contribution is -2.11. The summed E-state index contributed by atoms with van der Waals surface area (Å²) < 4.78 is 41.1. The minimum absolute atomic E-state index is 0.0177. The molecule has 1 rings (SSSR count). The van der Waals surface area contributed by atoms with Gasteiger partial charge < -0.3 is 4.74 Å².